The van der Waals surface area contributed by atoms with Crippen molar-refractivity contribution < 1.29 is 14.3 Å². The lowest BCUT2D eigenvalue weighted by Gasteiger charge is -2.33. The van der Waals surface area contributed by atoms with Crippen LogP contribution in [0, 0.1) is 5.82 Å². The van der Waals surface area contributed by atoms with Gasteiger partial charge in [-0.2, -0.15) is 0 Å². The molecule has 4 N–H and O–H groups in total. The minimum absolute atomic E-state index is 0.175. The van der Waals surface area contributed by atoms with Crippen LogP contribution in [0.1, 0.15) is 36.5 Å². The number of carboxylic acids is 1. The average Bonchev–Trinajstić information content (AvgIpc) is 2.45. The number of benzene rings is 1. The van der Waals surface area contributed by atoms with Crippen molar-refractivity contribution in [2.24, 2.45) is 0 Å². The van der Waals surface area contributed by atoms with Crippen LogP contribution in [-0.2, 0) is 0 Å². The van der Waals surface area contributed by atoms with Gasteiger partial charge in [0.15, 0.2) is 0 Å². The number of carbonyl (C=O) groups is 1. The van der Waals surface area contributed by atoms with Gasteiger partial charge in [-0.25, -0.2) is 9.18 Å². The number of nitrogen functional groups attached to an aromatic ring is 1. The van der Waals surface area contributed by atoms with Gasteiger partial charge in [0, 0.05) is 19.1 Å². The van der Waals surface area contributed by atoms with Gasteiger partial charge in [0.25, 0.3) is 0 Å². The summed E-state index contributed by atoms with van der Waals surface area (Å²) in [4.78, 5) is 13.7. The largest absolute Gasteiger partial charge is 0.478 e. The monoisotopic (exact) mass is 295 g/mol. The number of carboxylic acid groups (broad SMARTS) is 1. The number of hydrogen-bond donors (Lipinski definition) is 3. The Labute approximate surface area is 123 Å². The molecule has 2 rings (SSSR count). The number of nitrogens with zero attached hydrogens (tertiary/aromatic N) is 1. The summed E-state index contributed by atoms with van der Waals surface area (Å²) in [6, 6.07) is 2.85. The molecule has 1 aliphatic rings. The Bertz CT molecular complexity index is 514. The van der Waals surface area contributed by atoms with Crippen LogP contribution in [0.4, 0.5) is 15.8 Å². The molecule has 0 saturated carbocycles. The van der Waals surface area contributed by atoms with Crippen molar-refractivity contribution in [1.82, 2.24) is 4.90 Å². The Morgan fingerprint density at radius 1 is 1.48 bits per heavy atom. The Morgan fingerprint density at radius 3 is 2.71 bits per heavy atom. The second-order valence-electron chi connectivity index (χ2n) is 5.45. The number of nitrogens with two attached hydrogens (primary N) is 1. The number of nitrogens with one attached hydrogen (secondary N) is 1. The SMILES string of the molecule is CCCN1CCC(Nc2ccc(F)c(N)c2C(=O)O)CC1. The molecule has 116 valence electrons. The van der Waals surface area contributed by atoms with Crippen molar-refractivity contribution in [3.05, 3.63) is 23.5 Å². The third-order valence-corrected chi connectivity index (χ3v) is 3.89. The van der Waals surface area contributed by atoms with Crippen LogP contribution < -0.4 is 11.1 Å². The minimum Gasteiger partial charge on any atom is -0.478 e. The molecule has 0 amide bonds. The summed E-state index contributed by atoms with van der Waals surface area (Å²) in [5.74, 6) is -1.91. The van der Waals surface area contributed by atoms with Crippen LogP contribution in [0.5, 0.6) is 0 Å². The maximum Gasteiger partial charge on any atom is 0.340 e. The molecule has 1 aromatic carbocycles. The van der Waals surface area contributed by atoms with Crippen molar-refractivity contribution in [2.45, 2.75) is 32.2 Å². The van der Waals surface area contributed by atoms with E-state index in [1.165, 1.54) is 12.1 Å². The van der Waals surface area contributed by atoms with Crippen molar-refractivity contribution in [3.8, 4) is 0 Å². The van der Waals surface area contributed by atoms with Crippen LogP contribution >= 0.6 is 0 Å². The summed E-state index contributed by atoms with van der Waals surface area (Å²) in [5.41, 5.74) is 5.46. The second kappa shape index (κ2) is 6.76. The van der Waals surface area contributed by atoms with E-state index in [4.69, 9.17) is 5.73 Å². The van der Waals surface area contributed by atoms with Gasteiger partial charge in [-0.3, -0.25) is 0 Å². The van der Waals surface area contributed by atoms with Gasteiger partial charge in [0.2, 0.25) is 0 Å². The second-order valence-corrected chi connectivity index (χ2v) is 5.45. The Morgan fingerprint density at radius 2 is 2.14 bits per heavy atom. The zero-order valence-electron chi connectivity index (χ0n) is 12.2. The first kappa shape index (κ1) is 15.6. The third-order valence-electron chi connectivity index (χ3n) is 3.89. The summed E-state index contributed by atoms with van der Waals surface area (Å²) < 4.78 is 13.4. The standard InChI is InChI=1S/C15H22FN3O2/c1-2-7-19-8-5-10(6-9-19)18-12-4-3-11(16)14(17)13(12)15(20)21/h3-4,10,18H,2,5-9,17H2,1H3,(H,20,21). The highest BCUT2D eigenvalue weighted by Crippen LogP contribution is 2.27. The molecule has 1 fully saturated rings. The quantitative estimate of drug-likeness (QED) is 0.727. The number of likely N-dealkylation sites (tertiary alicyclic amines) is 1. The lowest BCUT2D eigenvalue weighted by atomic mass is 10.0. The van der Waals surface area contributed by atoms with Crippen molar-refractivity contribution >= 4 is 17.3 Å². The molecule has 1 saturated heterocycles. The smallest absolute Gasteiger partial charge is 0.340 e. The maximum atomic E-state index is 13.4. The molecule has 0 aliphatic carbocycles. The van der Waals surface area contributed by atoms with Crippen molar-refractivity contribution in [1.29, 1.82) is 0 Å². The Kier molecular flexibility index (Phi) is 5.01. The van der Waals surface area contributed by atoms with Crippen molar-refractivity contribution in [2.75, 3.05) is 30.7 Å². The molecule has 0 bridgehead atoms. The zero-order chi connectivity index (χ0) is 15.4. The molecule has 0 spiro atoms. The molecular weight excluding hydrogens is 273 g/mol. The van der Waals surface area contributed by atoms with Gasteiger partial charge < -0.3 is 21.1 Å². The molecule has 0 radical (unpaired) electrons. The fourth-order valence-corrected chi connectivity index (χ4v) is 2.78. The molecule has 21 heavy (non-hydrogen) atoms. The van der Waals surface area contributed by atoms with E-state index in [0.717, 1.165) is 38.9 Å². The number of rotatable bonds is 5. The number of aromatic carboxylic acids is 1. The predicted molar refractivity (Wildman–Crippen MR) is 81.1 cm³/mol. The molecule has 1 aromatic rings. The Balaban J connectivity index is 2.07. The van der Waals surface area contributed by atoms with Crippen LogP contribution in [0.2, 0.25) is 0 Å². The average molecular weight is 295 g/mol. The summed E-state index contributed by atoms with van der Waals surface area (Å²) in [5, 5.41) is 12.4. The predicted octanol–water partition coefficient (Wildman–Crippen LogP) is 2.39. The van der Waals surface area contributed by atoms with Gasteiger partial charge in [-0.15, -0.1) is 0 Å². The molecule has 1 aliphatic heterocycles. The lowest BCUT2D eigenvalue weighted by molar-refractivity contribution is 0.0698. The molecule has 1 heterocycles. The third kappa shape index (κ3) is 3.64. The van der Waals surface area contributed by atoms with Gasteiger partial charge in [0.05, 0.1) is 11.4 Å². The number of anilines is 2. The normalized spacial score (nSPS) is 16.9. The summed E-state index contributed by atoms with van der Waals surface area (Å²) in [6.45, 7) is 5.23. The maximum absolute atomic E-state index is 13.4. The van der Waals surface area contributed by atoms with E-state index in [1.54, 1.807) is 0 Å². The van der Waals surface area contributed by atoms with E-state index in [0.29, 0.717) is 5.69 Å². The van der Waals surface area contributed by atoms with Gasteiger partial charge in [-0.05, 0) is 37.9 Å². The Hall–Kier alpha value is -1.82. The van der Waals surface area contributed by atoms with Crippen LogP contribution in [0.3, 0.4) is 0 Å². The van der Waals surface area contributed by atoms with Crippen LogP contribution in [0.25, 0.3) is 0 Å². The van der Waals surface area contributed by atoms with Gasteiger partial charge in [0.1, 0.15) is 11.4 Å². The van der Waals surface area contributed by atoms with Gasteiger partial charge >= 0.3 is 5.97 Å². The first-order valence-corrected chi connectivity index (χ1v) is 7.33. The molecule has 0 unspecified atom stereocenters. The highest BCUT2D eigenvalue weighted by molar-refractivity contribution is 6.00. The van der Waals surface area contributed by atoms with Crippen LogP contribution in [0.15, 0.2) is 12.1 Å². The topological polar surface area (TPSA) is 78.6 Å². The number of hydrogen-bond acceptors (Lipinski definition) is 4. The summed E-state index contributed by atoms with van der Waals surface area (Å²) >= 11 is 0. The highest BCUT2D eigenvalue weighted by Gasteiger charge is 2.22. The van der Waals surface area contributed by atoms with E-state index in [9.17, 15) is 14.3 Å². The minimum atomic E-state index is -1.21. The fraction of sp³-hybridized carbons (Fsp3) is 0.533. The first-order chi connectivity index (χ1) is 10.0. The fourth-order valence-electron chi connectivity index (χ4n) is 2.78. The van der Waals surface area contributed by atoms with E-state index >= 15 is 0 Å². The van der Waals surface area contributed by atoms with E-state index < -0.39 is 11.8 Å². The van der Waals surface area contributed by atoms with E-state index in [2.05, 4.69) is 17.1 Å². The van der Waals surface area contributed by atoms with Crippen molar-refractivity contribution in [3.63, 3.8) is 0 Å². The zero-order valence-corrected chi connectivity index (χ0v) is 12.2. The summed E-state index contributed by atoms with van der Waals surface area (Å²) in [6.07, 6.45) is 3.02. The molecule has 0 atom stereocenters. The lowest BCUT2D eigenvalue weighted by Crippen LogP contribution is -2.39. The van der Waals surface area contributed by atoms with E-state index in [1.807, 2.05) is 0 Å². The molecule has 0 aromatic heterocycles. The van der Waals surface area contributed by atoms with E-state index in [-0.39, 0.29) is 17.3 Å². The summed E-state index contributed by atoms with van der Waals surface area (Å²) in [7, 11) is 0. The first-order valence-electron chi connectivity index (χ1n) is 7.33. The number of halogens is 1. The van der Waals surface area contributed by atoms with Gasteiger partial charge in [-0.1, -0.05) is 6.92 Å². The van der Waals surface area contributed by atoms with Crippen LogP contribution in [-0.4, -0.2) is 41.7 Å². The number of piperidine rings is 1. The molecular formula is C15H22FN3O2. The highest BCUT2D eigenvalue weighted by atomic mass is 19.1. The molecule has 5 nitrogen and oxygen atoms in total. The molecule has 6 heteroatoms.